The monoisotopic (exact) mass is 196 g/mol. The molecule has 4 heteroatoms. The van der Waals surface area contributed by atoms with Gasteiger partial charge in [-0.3, -0.25) is 4.79 Å². The Morgan fingerprint density at radius 2 is 2.46 bits per heavy atom. The summed E-state index contributed by atoms with van der Waals surface area (Å²) in [5, 5.41) is 4.98. The smallest absolute Gasteiger partial charge is 0.221 e. The molecule has 0 aromatic carbocycles. The normalized spacial score (nSPS) is 26.0. The number of carbonyl (C=O) groups is 1. The van der Waals surface area contributed by atoms with Crippen molar-refractivity contribution in [1.82, 2.24) is 10.3 Å². The van der Waals surface area contributed by atoms with Crippen molar-refractivity contribution < 1.29 is 4.79 Å². The molecule has 1 aromatic rings. The summed E-state index contributed by atoms with van der Waals surface area (Å²) in [6, 6.07) is 0. The summed E-state index contributed by atoms with van der Waals surface area (Å²) in [5.41, 5.74) is 2.70. The average Bonchev–Trinajstić information content (AvgIpc) is 2.56. The molecule has 0 aliphatic carbocycles. The third kappa shape index (κ3) is 1.46. The number of amides is 1. The molecule has 13 heavy (non-hydrogen) atoms. The molecule has 1 aromatic heterocycles. The largest absolute Gasteiger partial charge is 0.351 e. The van der Waals surface area contributed by atoms with Crippen LogP contribution in [0, 0.1) is 0 Å². The molecule has 2 rings (SSSR count). The van der Waals surface area contributed by atoms with E-state index < -0.39 is 0 Å². The Morgan fingerprint density at radius 1 is 1.69 bits per heavy atom. The molecule has 1 aliphatic heterocycles. The first kappa shape index (κ1) is 8.69. The molecule has 1 atom stereocenters. The Kier molecular flexibility index (Phi) is 1.87. The van der Waals surface area contributed by atoms with Gasteiger partial charge in [0.1, 0.15) is 0 Å². The van der Waals surface area contributed by atoms with Crippen LogP contribution in [-0.4, -0.2) is 16.4 Å². The van der Waals surface area contributed by atoms with E-state index >= 15 is 0 Å². The van der Waals surface area contributed by atoms with Gasteiger partial charge in [0.05, 0.1) is 11.2 Å². The van der Waals surface area contributed by atoms with Crippen molar-refractivity contribution in [2.45, 2.75) is 31.7 Å². The summed E-state index contributed by atoms with van der Waals surface area (Å²) >= 11 is 1.58. The second kappa shape index (κ2) is 2.80. The maximum Gasteiger partial charge on any atom is 0.221 e. The summed E-state index contributed by atoms with van der Waals surface area (Å²) in [4.78, 5) is 15.5. The highest BCUT2D eigenvalue weighted by Gasteiger charge is 2.40. The highest BCUT2D eigenvalue weighted by atomic mass is 32.1. The second-order valence-electron chi connectivity index (χ2n) is 3.94. The highest BCUT2D eigenvalue weighted by molar-refractivity contribution is 7.07. The van der Waals surface area contributed by atoms with Crippen LogP contribution in [-0.2, 0) is 4.79 Å². The second-order valence-corrected chi connectivity index (χ2v) is 4.66. The minimum absolute atomic E-state index is 0.128. The van der Waals surface area contributed by atoms with Crippen LogP contribution in [0.3, 0.4) is 0 Å². The van der Waals surface area contributed by atoms with Gasteiger partial charge < -0.3 is 5.32 Å². The summed E-state index contributed by atoms with van der Waals surface area (Å²) < 4.78 is 0. The fraction of sp³-hybridized carbons (Fsp3) is 0.556. The SMILES string of the molecule is CC1(C)NC(=O)CC1c1cscn1. The lowest BCUT2D eigenvalue weighted by Gasteiger charge is -2.24. The van der Waals surface area contributed by atoms with E-state index in [0.29, 0.717) is 6.42 Å². The van der Waals surface area contributed by atoms with Crippen molar-refractivity contribution in [1.29, 1.82) is 0 Å². The lowest BCUT2D eigenvalue weighted by molar-refractivity contribution is -0.119. The van der Waals surface area contributed by atoms with Gasteiger partial charge in [-0.1, -0.05) is 0 Å². The van der Waals surface area contributed by atoms with E-state index in [-0.39, 0.29) is 17.4 Å². The third-order valence-corrected chi connectivity index (χ3v) is 3.14. The van der Waals surface area contributed by atoms with Crippen LogP contribution < -0.4 is 5.32 Å². The zero-order chi connectivity index (χ0) is 9.47. The molecule has 0 spiro atoms. The van der Waals surface area contributed by atoms with Crippen molar-refractivity contribution >= 4 is 17.2 Å². The number of nitrogens with one attached hydrogen (secondary N) is 1. The lowest BCUT2D eigenvalue weighted by Crippen LogP contribution is -2.38. The Balaban J connectivity index is 2.30. The van der Waals surface area contributed by atoms with Crippen molar-refractivity contribution in [3.8, 4) is 0 Å². The highest BCUT2D eigenvalue weighted by Crippen LogP contribution is 2.35. The zero-order valence-corrected chi connectivity index (χ0v) is 8.52. The van der Waals surface area contributed by atoms with E-state index in [0.717, 1.165) is 5.69 Å². The summed E-state index contributed by atoms with van der Waals surface area (Å²) in [6.45, 7) is 4.09. The topological polar surface area (TPSA) is 42.0 Å². The number of carbonyl (C=O) groups excluding carboxylic acids is 1. The lowest BCUT2D eigenvalue weighted by atomic mass is 9.87. The van der Waals surface area contributed by atoms with E-state index in [4.69, 9.17) is 0 Å². The van der Waals surface area contributed by atoms with Crippen molar-refractivity contribution in [3.63, 3.8) is 0 Å². The van der Waals surface area contributed by atoms with Gasteiger partial charge >= 0.3 is 0 Å². The van der Waals surface area contributed by atoms with Crippen molar-refractivity contribution in [2.24, 2.45) is 0 Å². The van der Waals surface area contributed by atoms with Crippen LogP contribution in [0.5, 0.6) is 0 Å². The zero-order valence-electron chi connectivity index (χ0n) is 7.70. The Bertz CT molecular complexity index is 318. The molecule has 0 bridgehead atoms. The Labute approximate surface area is 81.2 Å². The molecule has 1 unspecified atom stereocenters. The first-order valence-corrected chi connectivity index (χ1v) is 5.23. The van der Waals surface area contributed by atoms with Gasteiger partial charge in [-0.15, -0.1) is 11.3 Å². The van der Waals surface area contributed by atoms with Crippen LogP contribution in [0.2, 0.25) is 0 Å². The number of nitrogens with zero attached hydrogens (tertiary/aromatic N) is 1. The molecule has 1 N–H and O–H groups in total. The predicted octanol–water partition coefficient (Wildman–Crippen LogP) is 1.53. The summed E-state index contributed by atoms with van der Waals surface area (Å²) in [6.07, 6.45) is 0.566. The molecule has 1 aliphatic rings. The van der Waals surface area contributed by atoms with Crippen LogP contribution in [0.25, 0.3) is 0 Å². The number of thiazole rings is 1. The molecule has 1 amide bonds. The fourth-order valence-corrected chi connectivity index (χ4v) is 2.41. The maximum atomic E-state index is 11.2. The number of aromatic nitrogens is 1. The first-order chi connectivity index (χ1) is 6.09. The van der Waals surface area contributed by atoms with Gasteiger partial charge in [-0.25, -0.2) is 4.98 Å². The van der Waals surface area contributed by atoms with E-state index in [2.05, 4.69) is 10.3 Å². The van der Waals surface area contributed by atoms with Crippen LogP contribution in [0.15, 0.2) is 10.9 Å². The van der Waals surface area contributed by atoms with Crippen LogP contribution in [0.4, 0.5) is 0 Å². The number of hydrogen-bond donors (Lipinski definition) is 1. The van der Waals surface area contributed by atoms with E-state index in [1.54, 1.807) is 11.3 Å². The fourth-order valence-electron chi connectivity index (χ4n) is 1.81. The molecule has 70 valence electrons. The summed E-state index contributed by atoms with van der Waals surface area (Å²) in [7, 11) is 0. The van der Waals surface area contributed by atoms with Crippen LogP contribution >= 0.6 is 11.3 Å². The van der Waals surface area contributed by atoms with Gasteiger partial charge in [0.2, 0.25) is 5.91 Å². The van der Waals surface area contributed by atoms with E-state index in [9.17, 15) is 4.79 Å². The van der Waals surface area contributed by atoms with Crippen molar-refractivity contribution in [3.05, 3.63) is 16.6 Å². The molecule has 2 heterocycles. The quantitative estimate of drug-likeness (QED) is 0.740. The molecule has 3 nitrogen and oxygen atoms in total. The van der Waals surface area contributed by atoms with Gasteiger partial charge in [-0.05, 0) is 13.8 Å². The van der Waals surface area contributed by atoms with Gasteiger partial charge in [0, 0.05) is 23.3 Å². The Morgan fingerprint density at radius 3 is 2.92 bits per heavy atom. The van der Waals surface area contributed by atoms with Gasteiger partial charge in [0.15, 0.2) is 0 Å². The van der Waals surface area contributed by atoms with Gasteiger partial charge in [-0.2, -0.15) is 0 Å². The number of hydrogen-bond acceptors (Lipinski definition) is 3. The van der Waals surface area contributed by atoms with E-state index in [1.807, 2.05) is 24.7 Å². The predicted molar refractivity (Wildman–Crippen MR) is 51.7 cm³/mol. The minimum atomic E-state index is -0.148. The van der Waals surface area contributed by atoms with E-state index in [1.165, 1.54) is 0 Å². The Hall–Kier alpha value is -0.900. The molecular formula is C9H12N2OS. The first-order valence-electron chi connectivity index (χ1n) is 4.29. The molecular weight excluding hydrogens is 184 g/mol. The average molecular weight is 196 g/mol. The molecule has 0 saturated carbocycles. The molecule has 1 saturated heterocycles. The van der Waals surface area contributed by atoms with Crippen molar-refractivity contribution in [2.75, 3.05) is 0 Å². The molecule has 0 radical (unpaired) electrons. The summed E-state index contributed by atoms with van der Waals surface area (Å²) in [5.74, 6) is 0.356. The third-order valence-electron chi connectivity index (χ3n) is 2.53. The number of rotatable bonds is 1. The molecule has 1 fully saturated rings. The standard InChI is InChI=1S/C9H12N2OS/c1-9(2)6(3-8(12)11-9)7-4-13-5-10-7/h4-6H,3H2,1-2H3,(H,11,12). The van der Waals surface area contributed by atoms with Crippen LogP contribution in [0.1, 0.15) is 31.9 Å². The van der Waals surface area contributed by atoms with Gasteiger partial charge in [0.25, 0.3) is 0 Å². The minimum Gasteiger partial charge on any atom is -0.351 e. The maximum absolute atomic E-state index is 11.2.